The normalized spacial score (nSPS) is 15.5. The van der Waals surface area contributed by atoms with Crippen LogP contribution in [-0.2, 0) is 11.3 Å². The molecule has 0 unspecified atom stereocenters. The second-order valence-electron chi connectivity index (χ2n) is 8.16. The Morgan fingerprint density at radius 2 is 1.90 bits per heavy atom. The molecule has 0 atom stereocenters. The first kappa shape index (κ1) is 20.3. The summed E-state index contributed by atoms with van der Waals surface area (Å²) >= 11 is 0.0101. The quantitative estimate of drug-likeness (QED) is 0.421. The van der Waals surface area contributed by atoms with E-state index in [4.69, 9.17) is 0 Å². The zero-order valence-electron chi connectivity index (χ0n) is 18.0. The molecule has 2 aromatic carbocycles. The molecule has 31 heavy (non-hydrogen) atoms. The Morgan fingerprint density at radius 1 is 1.10 bits per heavy atom. The maximum atomic E-state index is 11.6. The van der Waals surface area contributed by atoms with Gasteiger partial charge in [-0.15, -0.1) is 0 Å². The van der Waals surface area contributed by atoms with Crippen LogP contribution in [-0.4, -0.2) is 54.2 Å². The van der Waals surface area contributed by atoms with Gasteiger partial charge in [0.25, 0.3) is 0 Å². The van der Waals surface area contributed by atoms with Crippen molar-refractivity contribution < 1.29 is 4.79 Å². The van der Waals surface area contributed by atoms with Gasteiger partial charge in [0.15, 0.2) is 0 Å². The van der Waals surface area contributed by atoms with Gasteiger partial charge < -0.3 is 0 Å². The fourth-order valence-corrected chi connectivity index (χ4v) is 7.25. The van der Waals surface area contributed by atoms with Crippen LogP contribution in [0.2, 0.25) is 4.71 Å². The SMILES string of the molecule is CCn1ccc2ccc(-c3cc([As]C4CCN(C(C)=O)CC4)cc4nccnc34)cc21. The fraction of sp³-hybridized carbons (Fsp3) is 0.320. The second kappa shape index (κ2) is 8.47. The van der Waals surface area contributed by atoms with Crippen molar-refractivity contribution in [2.75, 3.05) is 13.1 Å². The van der Waals surface area contributed by atoms with Crippen molar-refractivity contribution in [2.24, 2.45) is 0 Å². The summed E-state index contributed by atoms with van der Waals surface area (Å²) in [5.74, 6) is 0.199. The average Bonchev–Trinajstić information content (AvgIpc) is 3.21. The molecule has 0 aliphatic carbocycles. The van der Waals surface area contributed by atoms with Crippen molar-refractivity contribution in [2.45, 2.75) is 37.9 Å². The van der Waals surface area contributed by atoms with E-state index in [1.54, 1.807) is 19.3 Å². The minimum atomic E-state index is 0.0101. The van der Waals surface area contributed by atoms with Crippen LogP contribution >= 0.6 is 0 Å². The first-order chi connectivity index (χ1) is 15.1. The first-order valence-electron chi connectivity index (χ1n) is 10.9. The van der Waals surface area contributed by atoms with Crippen LogP contribution in [0, 0.1) is 0 Å². The van der Waals surface area contributed by atoms with E-state index in [-0.39, 0.29) is 21.7 Å². The van der Waals surface area contributed by atoms with E-state index in [2.05, 4.69) is 64.1 Å². The van der Waals surface area contributed by atoms with Crippen LogP contribution in [0.25, 0.3) is 33.1 Å². The third kappa shape index (κ3) is 3.99. The number of aromatic nitrogens is 3. The molecule has 6 heteroatoms. The molecule has 3 heterocycles. The van der Waals surface area contributed by atoms with E-state index >= 15 is 0 Å². The molecule has 1 saturated heterocycles. The van der Waals surface area contributed by atoms with Crippen molar-refractivity contribution in [1.29, 1.82) is 0 Å². The topological polar surface area (TPSA) is 51.0 Å². The number of amides is 1. The van der Waals surface area contributed by atoms with Gasteiger partial charge in [0.05, 0.1) is 0 Å². The van der Waals surface area contributed by atoms with Gasteiger partial charge in [-0.1, -0.05) is 0 Å². The molecular weight excluding hydrogens is 447 g/mol. The van der Waals surface area contributed by atoms with Crippen molar-refractivity contribution in [1.82, 2.24) is 19.4 Å². The number of piperidine rings is 1. The van der Waals surface area contributed by atoms with Crippen molar-refractivity contribution in [3.05, 3.63) is 55.0 Å². The molecule has 2 aromatic heterocycles. The minimum absolute atomic E-state index is 0.0101. The summed E-state index contributed by atoms with van der Waals surface area (Å²) in [6.07, 6.45) is 7.92. The number of hydrogen-bond donors (Lipinski definition) is 0. The third-order valence-electron chi connectivity index (χ3n) is 6.23. The molecular formula is C25H26AsN4O. The molecule has 1 fully saturated rings. The van der Waals surface area contributed by atoms with Crippen LogP contribution in [0.4, 0.5) is 0 Å². The zero-order chi connectivity index (χ0) is 21.4. The van der Waals surface area contributed by atoms with E-state index in [0.29, 0.717) is 4.71 Å². The van der Waals surface area contributed by atoms with E-state index in [1.165, 1.54) is 26.4 Å². The van der Waals surface area contributed by atoms with Gasteiger partial charge in [-0.25, -0.2) is 0 Å². The second-order valence-corrected chi connectivity index (χ2v) is 11.3. The number of aryl methyl sites for hydroxylation is 1. The van der Waals surface area contributed by atoms with E-state index < -0.39 is 0 Å². The summed E-state index contributed by atoms with van der Waals surface area (Å²) in [6.45, 7) is 6.58. The number of rotatable bonds is 4. The Bertz CT molecular complexity index is 1260. The van der Waals surface area contributed by atoms with E-state index in [1.807, 2.05) is 4.90 Å². The molecule has 0 N–H and O–H groups in total. The van der Waals surface area contributed by atoms with Gasteiger partial charge in [0.1, 0.15) is 0 Å². The van der Waals surface area contributed by atoms with Gasteiger partial charge in [0, 0.05) is 0 Å². The predicted octanol–water partition coefficient (Wildman–Crippen LogP) is 4.03. The maximum absolute atomic E-state index is 11.6. The molecule has 1 aliphatic rings. The Hall–Kier alpha value is -2.65. The van der Waals surface area contributed by atoms with Gasteiger partial charge in [-0.3, -0.25) is 0 Å². The number of carbonyl (C=O) groups is 1. The first-order valence-corrected chi connectivity index (χ1v) is 12.9. The van der Waals surface area contributed by atoms with Crippen molar-refractivity contribution >= 4 is 47.9 Å². The van der Waals surface area contributed by atoms with E-state index in [9.17, 15) is 4.79 Å². The van der Waals surface area contributed by atoms with Gasteiger partial charge >= 0.3 is 189 Å². The van der Waals surface area contributed by atoms with E-state index in [0.717, 1.165) is 43.5 Å². The number of benzene rings is 2. The van der Waals surface area contributed by atoms with Crippen molar-refractivity contribution in [3.8, 4) is 11.1 Å². The van der Waals surface area contributed by atoms with Crippen LogP contribution in [0.3, 0.4) is 0 Å². The Balaban J connectivity index is 1.52. The van der Waals surface area contributed by atoms with Gasteiger partial charge in [0.2, 0.25) is 0 Å². The Labute approximate surface area is 189 Å². The molecule has 5 nitrogen and oxygen atoms in total. The van der Waals surface area contributed by atoms with Crippen LogP contribution in [0.15, 0.2) is 55.0 Å². The number of likely N-dealkylation sites (tertiary alicyclic amines) is 1. The average molecular weight is 473 g/mol. The van der Waals surface area contributed by atoms with Crippen LogP contribution < -0.4 is 4.35 Å². The molecule has 5 rings (SSSR count). The third-order valence-corrected chi connectivity index (χ3v) is 9.24. The molecule has 1 radical (unpaired) electrons. The number of hydrogen-bond acceptors (Lipinski definition) is 3. The number of carbonyl (C=O) groups excluding carboxylic acids is 1. The Morgan fingerprint density at radius 3 is 2.68 bits per heavy atom. The summed E-state index contributed by atoms with van der Waals surface area (Å²) < 4.78 is 4.37. The number of fused-ring (bicyclic) bond motifs is 2. The van der Waals surface area contributed by atoms with Crippen LogP contribution in [0.1, 0.15) is 26.7 Å². The standard InChI is InChI=1S/C25H26AsN4O/c1-3-29-11-6-18-4-5-19(14-24(18)29)22-15-21(16-23-25(22)28-10-9-27-23)26-20-7-12-30(13-8-20)17(2)31/h4-6,9-11,14-16,20H,3,7-8,12-13H2,1-2H3. The van der Waals surface area contributed by atoms with Crippen LogP contribution in [0.5, 0.6) is 0 Å². The molecule has 1 amide bonds. The molecule has 4 aromatic rings. The molecule has 1 aliphatic heterocycles. The molecule has 157 valence electrons. The van der Waals surface area contributed by atoms with Gasteiger partial charge in [-0.05, 0) is 0 Å². The zero-order valence-corrected chi connectivity index (χ0v) is 19.8. The summed E-state index contributed by atoms with van der Waals surface area (Å²) in [5.41, 5.74) is 5.56. The van der Waals surface area contributed by atoms with Crippen molar-refractivity contribution in [3.63, 3.8) is 0 Å². The summed E-state index contributed by atoms with van der Waals surface area (Å²) in [7, 11) is 0. The number of nitrogens with zero attached hydrogens (tertiary/aromatic N) is 4. The summed E-state index contributed by atoms with van der Waals surface area (Å²) in [6, 6.07) is 13.4. The predicted molar refractivity (Wildman–Crippen MR) is 127 cm³/mol. The van der Waals surface area contributed by atoms with Gasteiger partial charge in [-0.2, -0.15) is 0 Å². The summed E-state index contributed by atoms with van der Waals surface area (Å²) in [4.78, 5) is 22.9. The molecule has 0 bridgehead atoms. The fourth-order valence-electron chi connectivity index (χ4n) is 4.50. The summed E-state index contributed by atoms with van der Waals surface area (Å²) in [5, 5.41) is 1.26. The molecule has 0 spiro atoms. The monoisotopic (exact) mass is 473 g/mol. The Kier molecular flexibility index (Phi) is 5.54. The molecule has 0 saturated carbocycles.